The summed E-state index contributed by atoms with van der Waals surface area (Å²) in [6, 6.07) is 62.0. The van der Waals surface area contributed by atoms with Gasteiger partial charge in [-0.25, -0.2) is 24.4 Å². The van der Waals surface area contributed by atoms with Gasteiger partial charge in [-0.1, -0.05) is 108 Å². The summed E-state index contributed by atoms with van der Waals surface area (Å²) in [6.45, 7) is 16.0. The summed E-state index contributed by atoms with van der Waals surface area (Å²) in [5.41, 5.74) is 10.1. The first-order valence-corrected chi connectivity index (χ1v) is 37.7. The fourth-order valence-corrected chi connectivity index (χ4v) is 9.91. The molecule has 124 heavy (non-hydrogen) atoms. The number of benzene rings is 7. The fourth-order valence-electron chi connectivity index (χ4n) is 9.20. The Morgan fingerprint density at radius 2 is 0.839 bits per heavy atom. The number of nitrogens with zero attached hydrogens (tertiary/aromatic N) is 6. The van der Waals surface area contributed by atoms with Crippen LogP contribution in [0.4, 0.5) is 22.7 Å². The smallest absolute Gasteiger partial charge is 0.481 e. The van der Waals surface area contributed by atoms with Gasteiger partial charge in [-0.3, -0.25) is 53.8 Å². The maximum Gasteiger partial charge on any atom is 0.488 e. The van der Waals surface area contributed by atoms with Gasteiger partial charge < -0.3 is 68.8 Å². The van der Waals surface area contributed by atoms with E-state index in [0.29, 0.717) is 94.4 Å². The lowest BCUT2D eigenvalue weighted by Crippen LogP contribution is -2.29. The Morgan fingerprint density at radius 3 is 1.12 bits per heavy atom. The van der Waals surface area contributed by atoms with E-state index in [1.807, 2.05) is 135 Å². The van der Waals surface area contributed by atoms with E-state index >= 15 is 0 Å². The van der Waals surface area contributed by atoms with Crippen LogP contribution in [0.25, 0.3) is 28.7 Å². The van der Waals surface area contributed by atoms with Gasteiger partial charge in [0, 0.05) is 62.9 Å². The number of hydrogen-bond donors (Lipinski definition) is 10. The van der Waals surface area contributed by atoms with Gasteiger partial charge >= 0.3 is 37.0 Å². The number of anilines is 4. The number of ether oxygens (including phenoxy) is 2. The zero-order valence-corrected chi connectivity index (χ0v) is 71.3. The Hall–Kier alpha value is -14.6. The van der Waals surface area contributed by atoms with Crippen molar-refractivity contribution in [3.63, 3.8) is 0 Å². The van der Waals surface area contributed by atoms with Crippen molar-refractivity contribution in [2.75, 3.05) is 33.7 Å². The number of nitrogen functional groups attached to an aromatic ring is 1. The zero-order chi connectivity index (χ0) is 93.1. The number of aldehydes is 2. The molecule has 11 N–H and O–H groups in total. The SMILES string of the molecule is CC(=O)O.CC(=O)O.CC(=O)O.CC1=NN(c2ccccc2)C(=O)/C1=C\c1ccc(-c2ccc(Cl)c(C(=O)O)c2)o1.CC1=NN(c2ccccc2)C(=O)C1.CC1=NN(c2ccccc2)C(=O)C1.CCOC(C)=O.CCOC(C)=O.NNc1ccccc1.O=C(O)c1ccc(B(O)O)cc1.O=Cc1ccc(-c2ccc(Cl)c(C(=O)O)c2)o1.O=Cc1ccc(Br)o1. The molecule has 0 fully saturated rings. The van der Waals surface area contributed by atoms with Crippen LogP contribution in [0.2, 0.25) is 10.0 Å². The van der Waals surface area contributed by atoms with Crippen LogP contribution in [0.1, 0.15) is 140 Å². The molecule has 0 saturated carbocycles. The first-order chi connectivity index (χ1) is 58.7. The topological polar surface area (TPSA) is 526 Å². The van der Waals surface area contributed by atoms with E-state index in [0.717, 1.165) is 49.3 Å². The van der Waals surface area contributed by atoms with Gasteiger partial charge in [-0.15, -0.1) is 0 Å². The maximum atomic E-state index is 12.8. The molecule has 10 aromatic rings. The third-order valence-electron chi connectivity index (χ3n) is 14.3. The monoisotopic (exact) mass is 1810 g/mol. The lowest BCUT2D eigenvalue weighted by molar-refractivity contribution is -0.141. The minimum Gasteiger partial charge on any atom is -0.481 e. The van der Waals surface area contributed by atoms with Crippen LogP contribution in [0.5, 0.6) is 0 Å². The number of halogens is 3. The van der Waals surface area contributed by atoms with Crippen LogP contribution in [-0.2, 0) is 47.8 Å². The van der Waals surface area contributed by atoms with E-state index in [-0.39, 0.29) is 67.6 Å². The van der Waals surface area contributed by atoms with Crippen molar-refractivity contribution in [1.29, 1.82) is 0 Å². The highest BCUT2D eigenvalue weighted by Crippen LogP contribution is 2.31. The summed E-state index contributed by atoms with van der Waals surface area (Å²) < 4.78 is 25.2. The lowest BCUT2D eigenvalue weighted by atomic mass is 9.80. The molecule has 7 aromatic carbocycles. The predicted molar refractivity (Wildman–Crippen MR) is 470 cm³/mol. The predicted octanol–water partition coefficient (Wildman–Crippen LogP) is 15.1. The number of hydrazine groups is 1. The van der Waals surface area contributed by atoms with Crippen molar-refractivity contribution in [2.45, 2.75) is 82.1 Å². The average Bonchev–Trinajstić information content (AvgIpc) is 1.65. The summed E-state index contributed by atoms with van der Waals surface area (Å²) in [5, 5.41) is 83.4. The van der Waals surface area contributed by atoms with Crippen LogP contribution in [-0.4, -0.2) is 156 Å². The zero-order valence-electron chi connectivity index (χ0n) is 68.2. The summed E-state index contributed by atoms with van der Waals surface area (Å²) in [5.74, 6) is 0.644. The van der Waals surface area contributed by atoms with Crippen molar-refractivity contribution >= 4 is 176 Å². The number of aromatic carboxylic acids is 3. The number of furan rings is 3. The van der Waals surface area contributed by atoms with Crippen LogP contribution in [0.3, 0.4) is 0 Å². The van der Waals surface area contributed by atoms with E-state index in [1.54, 1.807) is 69.3 Å². The molecule has 3 aromatic heterocycles. The molecule has 34 nitrogen and oxygen atoms in total. The largest absolute Gasteiger partial charge is 0.488 e. The Labute approximate surface area is 729 Å². The Bertz CT molecular complexity index is 5190. The molecule has 13 rings (SSSR count). The standard InChI is InChI=1S/C22H15ClN2O4.C12H7ClO4.2C10H10N2O.C7H7BO4.C6H8N2.C5H3BrO2.2C4H8O2.3C2H4O2/c1-13-17(21(26)25(24-13)15-5-3-2-4-6-15)12-16-8-10-20(29-16)14-7-9-19(23)18(11-14)22(27)28;13-10-3-1-7(5-9(10)12(15)16)11-4-2-8(6-14)17-11;2*1-8-7-10(13)12(11-8)9-5-3-2-4-6-9;9-7(10)5-1-3-6(4-2-5)8(11)12;7-8-6-4-2-1-3-5-6;6-5-2-1-4(3-7)8-5;2*1-3-6-4(2)5;3*1-2(3)4/h2-12H,1H3,(H,27,28);1-6H,(H,15,16);2*2-6H,7H2,1H3;1-4,11-12H,(H,9,10);1-5,8H,7H2;1-3H;2*3H2,1-2H3;3*1H3,(H,3,4)/b17-12-;;;;;;;;;;;. The number of amides is 3. The van der Waals surface area contributed by atoms with E-state index in [1.165, 1.54) is 83.5 Å². The van der Waals surface area contributed by atoms with Crippen molar-refractivity contribution < 1.29 is 126 Å². The number of para-hydroxylation sites is 4. The number of hydrogen-bond acceptors (Lipinski definition) is 25. The number of carboxylic acids is 6. The highest BCUT2D eigenvalue weighted by molar-refractivity contribution is 9.10. The van der Waals surface area contributed by atoms with Crippen molar-refractivity contribution in [1.82, 2.24) is 0 Å². The molecular weight excluding hydrogens is 1720 g/mol. The van der Waals surface area contributed by atoms with Gasteiger partial charge in [0.05, 0.1) is 81.1 Å². The van der Waals surface area contributed by atoms with Crippen LogP contribution >= 0.6 is 39.1 Å². The van der Waals surface area contributed by atoms with Gasteiger partial charge in [-0.2, -0.15) is 20.3 Å². The number of carbonyl (C=O) groups excluding carboxylic acids is 7. The fraction of sp³-hybridized carbons (Fsp3) is 0.163. The number of rotatable bonds is 15. The molecule has 3 amide bonds. The number of carbonyl (C=O) groups is 13. The molecule has 3 aliphatic rings. The molecular formula is C86H88BBrCl2N8O26. The minimum absolute atomic E-state index is 0.00628. The third kappa shape index (κ3) is 40.9. The molecule has 0 saturated heterocycles. The molecule has 0 radical (unpaired) electrons. The molecule has 652 valence electrons. The van der Waals surface area contributed by atoms with Gasteiger partial charge in [0.1, 0.15) is 17.3 Å². The van der Waals surface area contributed by atoms with Crippen LogP contribution in [0.15, 0.2) is 257 Å². The number of nitrogens with two attached hydrogens (primary N) is 1. The minimum atomic E-state index is -1.55. The second kappa shape index (κ2) is 56.8. The second-order valence-electron chi connectivity index (χ2n) is 24.3. The van der Waals surface area contributed by atoms with Crippen molar-refractivity contribution in [3.8, 4) is 22.6 Å². The lowest BCUT2D eigenvalue weighted by Gasteiger charge is -2.10. The first kappa shape index (κ1) is 106. The van der Waals surface area contributed by atoms with Crippen molar-refractivity contribution in [2.24, 2.45) is 21.1 Å². The van der Waals surface area contributed by atoms with E-state index in [4.69, 9.17) is 92.3 Å². The van der Waals surface area contributed by atoms with Crippen LogP contribution in [0, 0.1) is 0 Å². The molecule has 38 heteroatoms. The molecule has 0 atom stereocenters. The Morgan fingerprint density at radius 1 is 0.484 bits per heavy atom. The van der Waals surface area contributed by atoms with E-state index in [2.05, 4.69) is 46.1 Å². The molecule has 3 aliphatic heterocycles. The number of hydrazone groups is 3. The molecule has 6 heterocycles. The number of aliphatic carboxylic acids is 3. The summed E-state index contributed by atoms with van der Waals surface area (Å²) in [4.78, 5) is 135. The first-order valence-electron chi connectivity index (χ1n) is 36.2. The Balaban J connectivity index is 0.000000484. The number of esters is 2. The number of carboxylic acid groups (broad SMARTS) is 6. The van der Waals surface area contributed by atoms with Crippen LogP contribution < -0.4 is 31.8 Å². The number of nitrogens with one attached hydrogen (secondary N) is 1. The summed E-state index contributed by atoms with van der Waals surface area (Å²) in [7, 11) is -1.55. The van der Waals surface area contributed by atoms with Gasteiger partial charge in [-0.05, 0) is 196 Å². The quantitative estimate of drug-likeness (QED) is 0.0114. The van der Waals surface area contributed by atoms with Gasteiger partial charge in [0.2, 0.25) is 0 Å². The average molecular weight is 1810 g/mol. The van der Waals surface area contributed by atoms with Gasteiger partial charge in [0.25, 0.3) is 35.6 Å². The van der Waals surface area contributed by atoms with E-state index in [9.17, 15) is 53.1 Å². The van der Waals surface area contributed by atoms with Gasteiger partial charge in [0.15, 0.2) is 28.8 Å². The molecule has 0 bridgehead atoms. The second-order valence-corrected chi connectivity index (χ2v) is 25.9. The highest BCUT2D eigenvalue weighted by Gasteiger charge is 2.30. The molecule has 0 unspecified atom stereocenters. The maximum absolute atomic E-state index is 12.8. The summed E-state index contributed by atoms with van der Waals surface area (Å²) >= 11 is 14.7. The summed E-state index contributed by atoms with van der Waals surface area (Å²) in [6.07, 6.45) is 3.74. The molecule has 0 aliphatic carbocycles. The van der Waals surface area contributed by atoms with Crippen molar-refractivity contribution in [3.05, 3.63) is 273 Å². The third-order valence-corrected chi connectivity index (χ3v) is 15.4. The highest BCUT2D eigenvalue weighted by atomic mass is 79.9. The Kier molecular flexibility index (Phi) is 48.3. The van der Waals surface area contributed by atoms with E-state index < -0.39 is 42.9 Å². The molecule has 0 spiro atoms. The normalized spacial score (nSPS) is 11.7.